The zero-order valence-electron chi connectivity index (χ0n) is 14.0. The second-order valence-electron chi connectivity index (χ2n) is 6.09. The Morgan fingerprint density at radius 2 is 2.00 bits per heavy atom. The first-order valence-corrected chi connectivity index (χ1v) is 8.02. The lowest BCUT2D eigenvalue weighted by Gasteiger charge is -2.25. The number of aryl methyl sites for hydroxylation is 2. The number of phenolic OH excluding ortho intramolecular Hbond substituents is 1. The molecule has 3 rings (SSSR count). The molecule has 0 saturated heterocycles. The number of aromatic nitrogens is 2. The summed E-state index contributed by atoms with van der Waals surface area (Å²) in [5, 5.41) is 9.94. The number of ether oxygens (including phenoxy) is 1. The maximum Gasteiger partial charge on any atom is 0.160 e. The quantitative estimate of drug-likeness (QED) is 0.940. The van der Waals surface area contributed by atoms with Crippen LogP contribution in [0.25, 0.3) is 0 Å². The summed E-state index contributed by atoms with van der Waals surface area (Å²) >= 11 is 0. The summed E-state index contributed by atoms with van der Waals surface area (Å²) in [6.45, 7) is 2.63. The van der Waals surface area contributed by atoms with E-state index in [0.29, 0.717) is 12.3 Å². The van der Waals surface area contributed by atoms with E-state index in [2.05, 4.69) is 14.9 Å². The molecule has 23 heavy (non-hydrogen) atoms. The standard InChI is InChI=1S/C18H23N3O2/c1-12-19-15-7-5-4-6-14(15)18(20-12)21(2)11-13-8-9-17(23-3)16(22)10-13/h8-10,22H,4-7,11H2,1-3H3. The van der Waals surface area contributed by atoms with Gasteiger partial charge < -0.3 is 14.7 Å². The maximum atomic E-state index is 9.94. The van der Waals surface area contributed by atoms with Crippen LogP contribution in [0.2, 0.25) is 0 Å². The van der Waals surface area contributed by atoms with Gasteiger partial charge in [-0.3, -0.25) is 0 Å². The largest absolute Gasteiger partial charge is 0.504 e. The molecule has 122 valence electrons. The van der Waals surface area contributed by atoms with Crippen molar-refractivity contribution in [3.8, 4) is 11.5 Å². The van der Waals surface area contributed by atoms with Crippen LogP contribution in [0.15, 0.2) is 18.2 Å². The molecule has 1 aliphatic carbocycles. The van der Waals surface area contributed by atoms with Gasteiger partial charge in [-0.15, -0.1) is 0 Å². The molecular weight excluding hydrogens is 290 g/mol. The highest BCUT2D eigenvalue weighted by atomic mass is 16.5. The van der Waals surface area contributed by atoms with Gasteiger partial charge >= 0.3 is 0 Å². The molecule has 1 aromatic carbocycles. The molecule has 0 spiro atoms. The molecule has 0 fully saturated rings. The lowest BCUT2D eigenvalue weighted by atomic mass is 9.96. The number of phenols is 1. The molecule has 5 nitrogen and oxygen atoms in total. The molecule has 0 bridgehead atoms. The van der Waals surface area contributed by atoms with E-state index in [1.54, 1.807) is 19.2 Å². The van der Waals surface area contributed by atoms with E-state index in [0.717, 1.165) is 30.0 Å². The summed E-state index contributed by atoms with van der Waals surface area (Å²) in [4.78, 5) is 11.4. The Hall–Kier alpha value is -2.30. The van der Waals surface area contributed by atoms with E-state index in [4.69, 9.17) is 4.74 Å². The van der Waals surface area contributed by atoms with Gasteiger partial charge in [0, 0.05) is 24.8 Å². The Morgan fingerprint density at radius 1 is 1.22 bits per heavy atom. The van der Waals surface area contributed by atoms with Gasteiger partial charge in [-0.1, -0.05) is 6.07 Å². The van der Waals surface area contributed by atoms with Crippen molar-refractivity contribution in [1.29, 1.82) is 0 Å². The topological polar surface area (TPSA) is 58.5 Å². The average molecular weight is 313 g/mol. The van der Waals surface area contributed by atoms with Crippen molar-refractivity contribution in [1.82, 2.24) is 9.97 Å². The van der Waals surface area contributed by atoms with Gasteiger partial charge in [-0.25, -0.2) is 9.97 Å². The lowest BCUT2D eigenvalue weighted by molar-refractivity contribution is 0.373. The van der Waals surface area contributed by atoms with E-state index in [1.165, 1.54) is 24.1 Å². The van der Waals surface area contributed by atoms with Crippen molar-refractivity contribution in [3.05, 3.63) is 40.8 Å². The minimum atomic E-state index is 0.166. The first kappa shape index (κ1) is 15.6. The number of rotatable bonds is 4. The van der Waals surface area contributed by atoms with Crippen molar-refractivity contribution in [3.63, 3.8) is 0 Å². The molecule has 1 aromatic heterocycles. The zero-order valence-corrected chi connectivity index (χ0v) is 14.0. The highest BCUT2D eigenvalue weighted by Gasteiger charge is 2.19. The third-order valence-electron chi connectivity index (χ3n) is 4.30. The Labute approximate surface area is 137 Å². The number of nitrogens with zero attached hydrogens (tertiary/aromatic N) is 3. The van der Waals surface area contributed by atoms with Gasteiger partial charge in [0.15, 0.2) is 11.5 Å². The van der Waals surface area contributed by atoms with Gasteiger partial charge in [0.2, 0.25) is 0 Å². The molecule has 0 radical (unpaired) electrons. The van der Waals surface area contributed by atoms with Gasteiger partial charge in [-0.05, 0) is 50.3 Å². The predicted molar refractivity (Wildman–Crippen MR) is 90.2 cm³/mol. The molecule has 0 unspecified atom stereocenters. The van der Waals surface area contributed by atoms with Crippen LogP contribution in [0.4, 0.5) is 5.82 Å². The number of anilines is 1. The van der Waals surface area contributed by atoms with Gasteiger partial charge in [0.25, 0.3) is 0 Å². The fraction of sp³-hybridized carbons (Fsp3) is 0.444. The summed E-state index contributed by atoms with van der Waals surface area (Å²) in [6, 6.07) is 5.50. The van der Waals surface area contributed by atoms with E-state index >= 15 is 0 Å². The molecule has 0 amide bonds. The van der Waals surface area contributed by atoms with E-state index in [9.17, 15) is 5.11 Å². The van der Waals surface area contributed by atoms with Crippen LogP contribution in [-0.2, 0) is 19.4 Å². The summed E-state index contributed by atoms with van der Waals surface area (Å²) in [5.74, 6) is 2.50. The molecule has 0 saturated carbocycles. The second-order valence-corrected chi connectivity index (χ2v) is 6.09. The van der Waals surface area contributed by atoms with Crippen LogP contribution in [0.3, 0.4) is 0 Å². The van der Waals surface area contributed by atoms with Crippen LogP contribution < -0.4 is 9.64 Å². The molecule has 0 atom stereocenters. The van der Waals surface area contributed by atoms with Gasteiger partial charge in [0.1, 0.15) is 11.6 Å². The molecular formula is C18H23N3O2. The first-order chi connectivity index (χ1) is 11.1. The monoisotopic (exact) mass is 313 g/mol. The zero-order chi connectivity index (χ0) is 16.4. The van der Waals surface area contributed by atoms with Crippen molar-refractivity contribution in [2.75, 3.05) is 19.1 Å². The fourth-order valence-electron chi connectivity index (χ4n) is 3.19. The van der Waals surface area contributed by atoms with E-state index in [-0.39, 0.29) is 5.75 Å². The van der Waals surface area contributed by atoms with Gasteiger partial charge in [-0.2, -0.15) is 0 Å². The fourth-order valence-corrected chi connectivity index (χ4v) is 3.19. The maximum absolute atomic E-state index is 9.94. The smallest absolute Gasteiger partial charge is 0.160 e. The third kappa shape index (κ3) is 3.23. The van der Waals surface area contributed by atoms with E-state index < -0.39 is 0 Å². The normalized spacial score (nSPS) is 13.5. The molecule has 1 heterocycles. The van der Waals surface area contributed by atoms with Crippen LogP contribution in [0.5, 0.6) is 11.5 Å². The van der Waals surface area contributed by atoms with Crippen LogP contribution in [-0.4, -0.2) is 29.2 Å². The third-order valence-corrected chi connectivity index (χ3v) is 4.30. The molecule has 1 aliphatic rings. The summed E-state index contributed by atoms with van der Waals surface area (Å²) < 4.78 is 5.10. The summed E-state index contributed by atoms with van der Waals surface area (Å²) in [7, 11) is 3.59. The van der Waals surface area contributed by atoms with Crippen LogP contribution in [0, 0.1) is 6.92 Å². The Bertz CT molecular complexity index is 716. The molecule has 2 aromatic rings. The lowest BCUT2D eigenvalue weighted by Crippen LogP contribution is -2.22. The molecule has 1 N–H and O–H groups in total. The number of benzene rings is 1. The minimum Gasteiger partial charge on any atom is -0.504 e. The van der Waals surface area contributed by atoms with E-state index in [1.807, 2.05) is 20.0 Å². The SMILES string of the molecule is COc1ccc(CN(C)c2nc(C)nc3c2CCCC3)cc1O. The Kier molecular flexibility index (Phi) is 4.37. The Balaban J connectivity index is 1.87. The molecule has 5 heteroatoms. The first-order valence-electron chi connectivity index (χ1n) is 8.02. The average Bonchev–Trinajstić information content (AvgIpc) is 2.54. The summed E-state index contributed by atoms with van der Waals surface area (Å²) in [5.41, 5.74) is 3.50. The van der Waals surface area contributed by atoms with Crippen molar-refractivity contribution < 1.29 is 9.84 Å². The van der Waals surface area contributed by atoms with Crippen LogP contribution in [0.1, 0.15) is 35.5 Å². The van der Waals surface area contributed by atoms with Gasteiger partial charge in [0.05, 0.1) is 7.11 Å². The Morgan fingerprint density at radius 3 is 2.74 bits per heavy atom. The van der Waals surface area contributed by atoms with Crippen molar-refractivity contribution in [2.24, 2.45) is 0 Å². The second kappa shape index (κ2) is 6.44. The van der Waals surface area contributed by atoms with Crippen molar-refractivity contribution in [2.45, 2.75) is 39.2 Å². The predicted octanol–water partition coefficient (Wildman–Crippen LogP) is 3.01. The number of hydrogen-bond acceptors (Lipinski definition) is 5. The number of methoxy groups -OCH3 is 1. The summed E-state index contributed by atoms with van der Waals surface area (Å²) in [6.07, 6.45) is 4.49. The highest BCUT2D eigenvalue weighted by molar-refractivity contribution is 5.51. The minimum absolute atomic E-state index is 0.166. The van der Waals surface area contributed by atoms with Crippen molar-refractivity contribution >= 4 is 5.82 Å². The highest BCUT2D eigenvalue weighted by Crippen LogP contribution is 2.30. The number of aromatic hydroxyl groups is 1. The number of fused-ring (bicyclic) bond motifs is 1. The molecule has 0 aliphatic heterocycles. The number of hydrogen-bond donors (Lipinski definition) is 1. The van der Waals surface area contributed by atoms with Crippen LogP contribution >= 0.6 is 0 Å².